The molecular formula is C15H18BrNO2. The van der Waals surface area contributed by atoms with Crippen molar-refractivity contribution in [2.24, 2.45) is 11.8 Å². The third-order valence-corrected chi connectivity index (χ3v) is 4.47. The maximum absolute atomic E-state index is 12.2. The van der Waals surface area contributed by atoms with Crippen LogP contribution in [0.25, 0.3) is 0 Å². The lowest BCUT2D eigenvalue weighted by atomic mass is 9.73. The number of piperidine rings is 1. The summed E-state index contributed by atoms with van der Waals surface area (Å²) in [6.07, 6.45) is 1.40. The Bertz CT molecular complexity index is 501. The number of amides is 2. The van der Waals surface area contributed by atoms with E-state index in [-0.39, 0.29) is 23.7 Å². The first-order valence-corrected chi connectivity index (χ1v) is 7.41. The van der Waals surface area contributed by atoms with Gasteiger partial charge >= 0.3 is 0 Å². The van der Waals surface area contributed by atoms with Gasteiger partial charge in [-0.05, 0) is 29.5 Å². The third kappa shape index (κ3) is 3.06. The van der Waals surface area contributed by atoms with Crippen molar-refractivity contribution in [2.75, 3.05) is 0 Å². The average molecular weight is 324 g/mol. The summed E-state index contributed by atoms with van der Waals surface area (Å²) in [6, 6.07) is 7.79. The number of imide groups is 1. The number of rotatable bonds is 3. The summed E-state index contributed by atoms with van der Waals surface area (Å²) in [6.45, 7) is 4.21. The van der Waals surface area contributed by atoms with Crippen LogP contribution in [0.4, 0.5) is 0 Å². The fraction of sp³-hybridized carbons (Fsp3) is 0.467. The van der Waals surface area contributed by atoms with E-state index in [0.29, 0.717) is 12.3 Å². The van der Waals surface area contributed by atoms with Gasteiger partial charge in [0.1, 0.15) is 0 Å². The van der Waals surface area contributed by atoms with Crippen LogP contribution in [0.1, 0.15) is 38.2 Å². The van der Waals surface area contributed by atoms with Gasteiger partial charge in [0.2, 0.25) is 11.8 Å². The van der Waals surface area contributed by atoms with Crippen LogP contribution in [0.15, 0.2) is 28.7 Å². The molecule has 3 unspecified atom stereocenters. The molecule has 1 aliphatic heterocycles. The number of benzene rings is 1. The van der Waals surface area contributed by atoms with Crippen molar-refractivity contribution >= 4 is 27.7 Å². The first kappa shape index (κ1) is 14.3. The Morgan fingerprint density at radius 1 is 1.42 bits per heavy atom. The molecule has 2 rings (SSSR count). The van der Waals surface area contributed by atoms with E-state index in [4.69, 9.17) is 0 Å². The van der Waals surface area contributed by atoms with Crippen LogP contribution < -0.4 is 5.32 Å². The maximum atomic E-state index is 12.2. The zero-order valence-electron chi connectivity index (χ0n) is 11.2. The van der Waals surface area contributed by atoms with Crippen LogP contribution >= 0.6 is 15.9 Å². The number of halogens is 1. The van der Waals surface area contributed by atoms with Gasteiger partial charge in [-0.2, -0.15) is 0 Å². The molecule has 0 spiro atoms. The average Bonchev–Trinajstić information content (AvgIpc) is 2.36. The third-order valence-electron chi connectivity index (χ3n) is 3.98. The minimum absolute atomic E-state index is 0.0838. The molecule has 2 amide bonds. The number of carbonyl (C=O) groups excluding carboxylic acids is 2. The second-order valence-electron chi connectivity index (χ2n) is 5.20. The van der Waals surface area contributed by atoms with Crippen molar-refractivity contribution in [1.29, 1.82) is 0 Å². The predicted molar refractivity (Wildman–Crippen MR) is 77.6 cm³/mol. The van der Waals surface area contributed by atoms with Gasteiger partial charge in [0.05, 0.1) is 5.92 Å². The normalized spacial score (nSPS) is 25.0. The van der Waals surface area contributed by atoms with Crippen LogP contribution in [0, 0.1) is 11.8 Å². The lowest BCUT2D eigenvalue weighted by Gasteiger charge is -2.34. The molecular weight excluding hydrogens is 306 g/mol. The monoisotopic (exact) mass is 323 g/mol. The largest absolute Gasteiger partial charge is 0.296 e. The van der Waals surface area contributed by atoms with Crippen molar-refractivity contribution in [3.63, 3.8) is 0 Å². The molecule has 4 heteroatoms. The minimum atomic E-state index is -0.231. The molecule has 1 aliphatic rings. The van der Waals surface area contributed by atoms with Crippen molar-refractivity contribution in [1.82, 2.24) is 5.32 Å². The standard InChI is InChI=1S/C15H18BrNO2/c1-3-9(2)12-8-13(18)17-15(19)14(12)10-5-4-6-11(16)7-10/h4-7,9,12,14H,3,8H2,1-2H3,(H,17,18,19). The molecule has 102 valence electrons. The van der Waals surface area contributed by atoms with Gasteiger partial charge in [-0.15, -0.1) is 0 Å². The summed E-state index contributed by atoms with van der Waals surface area (Å²) >= 11 is 3.44. The zero-order valence-corrected chi connectivity index (χ0v) is 12.7. The molecule has 0 aromatic heterocycles. The number of hydrogen-bond acceptors (Lipinski definition) is 2. The molecule has 1 fully saturated rings. The zero-order chi connectivity index (χ0) is 14.0. The van der Waals surface area contributed by atoms with Gasteiger partial charge in [0.25, 0.3) is 0 Å². The van der Waals surface area contributed by atoms with Gasteiger partial charge in [-0.25, -0.2) is 0 Å². The molecule has 1 aromatic rings. The molecule has 0 saturated carbocycles. The van der Waals surface area contributed by atoms with Crippen molar-refractivity contribution in [3.8, 4) is 0 Å². The first-order valence-electron chi connectivity index (χ1n) is 6.62. The fourth-order valence-electron chi connectivity index (χ4n) is 2.72. The van der Waals surface area contributed by atoms with E-state index in [9.17, 15) is 9.59 Å². The Balaban J connectivity index is 2.37. The molecule has 1 saturated heterocycles. The maximum Gasteiger partial charge on any atom is 0.234 e. The highest BCUT2D eigenvalue weighted by Gasteiger charge is 2.39. The van der Waals surface area contributed by atoms with Crippen LogP contribution in [-0.4, -0.2) is 11.8 Å². The van der Waals surface area contributed by atoms with Crippen LogP contribution in [0.5, 0.6) is 0 Å². The molecule has 0 radical (unpaired) electrons. The number of carbonyl (C=O) groups is 2. The van der Waals surface area contributed by atoms with Crippen molar-refractivity contribution in [2.45, 2.75) is 32.6 Å². The molecule has 3 atom stereocenters. The highest BCUT2D eigenvalue weighted by molar-refractivity contribution is 9.10. The number of hydrogen-bond donors (Lipinski definition) is 1. The Hall–Kier alpha value is -1.16. The van der Waals surface area contributed by atoms with Crippen LogP contribution in [-0.2, 0) is 9.59 Å². The van der Waals surface area contributed by atoms with E-state index < -0.39 is 0 Å². The van der Waals surface area contributed by atoms with Crippen molar-refractivity contribution in [3.05, 3.63) is 34.3 Å². The van der Waals surface area contributed by atoms with Gasteiger partial charge in [-0.1, -0.05) is 48.3 Å². The molecule has 1 aromatic carbocycles. The summed E-state index contributed by atoms with van der Waals surface area (Å²) in [7, 11) is 0. The van der Waals surface area contributed by atoms with Gasteiger partial charge in [-0.3, -0.25) is 14.9 Å². The molecule has 19 heavy (non-hydrogen) atoms. The Labute approximate surface area is 121 Å². The smallest absolute Gasteiger partial charge is 0.234 e. The Morgan fingerprint density at radius 2 is 2.16 bits per heavy atom. The molecule has 3 nitrogen and oxygen atoms in total. The fourth-order valence-corrected chi connectivity index (χ4v) is 3.14. The lowest BCUT2D eigenvalue weighted by Crippen LogP contribution is -2.46. The minimum Gasteiger partial charge on any atom is -0.296 e. The number of nitrogens with one attached hydrogen (secondary N) is 1. The summed E-state index contributed by atoms with van der Waals surface area (Å²) in [5, 5.41) is 2.46. The second-order valence-corrected chi connectivity index (χ2v) is 6.11. The Morgan fingerprint density at radius 3 is 2.79 bits per heavy atom. The van der Waals surface area contributed by atoms with Gasteiger partial charge in [0.15, 0.2) is 0 Å². The molecule has 0 bridgehead atoms. The van der Waals surface area contributed by atoms with Gasteiger partial charge in [0, 0.05) is 10.9 Å². The Kier molecular flexibility index (Phi) is 4.40. The summed E-state index contributed by atoms with van der Waals surface area (Å²) < 4.78 is 0.956. The van der Waals surface area contributed by atoms with Crippen molar-refractivity contribution < 1.29 is 9.59 Å². The first-order chi connectivity index (χ1) is 9.02. The lowest BCUT2D eigenvalue weighted by molar-refractivity contribution is -0.137. The quantitative estimate of drug-likeness (QED) is 0.868. The van der Waals surface area contributed by atoms with Crippen LogP contribution in [0.3, 0.4) is 0 Å². The van der Waals surface area contributed by atoms with E-state index in [2.05, 4.69) is 35.1 Å². The van der Waals surface area contributed by atoms with E-state index in [0.717, 1.165) is 16.5 Å². The summed E-state index contributed by atoms with van der Waals surface area (Å²) in [4.78, 5) is 23.8. The summed E-state index contributed by atoms with van der Waals surface area (Å²) in [5.41, 5.74) is 0.977. The van der Waals surface area contributed by atoms with E-state index in [1.807, 2.05) is 24.3 Å². The van der Waals surface area contributed by atoms with E-state index in [1.54, 1.807) is 0 Å². The highest BCUT2D eigenvalue weighted by Crippen LogP contribution is 2.37. The highest BCUT2D eigenvalue weighted by atomic mass is 79.9. The summed E-state index contributed by atoms with van der Waals surface area (Å²) in [5.74, 6) is -0.120. The topological polar surface area (TPSA) is 46.2 Å². The van der Waals surface area contributed by atoms with E-state index >= 15 is 0 Å². The van der Waals surface area contributed by atoms with Gasteiger partial charge < -0.3 is 0 Å². The SMILES string of the molecule is CCC(C)C1CC(=O)NC(=O)C1c1cccc(Br)c1. The molecule has 0 aliphatic carbocycles. The van der Waals surface area contributed by atoms with Crippen LogP contribution in [0.2, 0.25) is 0 Å². The second kappa shape index (κ2) is 5.87. The molecule has 1 heterocycles. The predicted octanol–water partition coefficient (Wildman–Crippen LogP) is 3.24. The van der Waals surface area contributed by atoms with E-state index in [1.165, 1.54) is 0 Å². The molecule has 1 N–H and O–H groups in total.